The van der Waals surface area contributed by atoms with Gasteiger partial charge in [-0.15, -0.1) is 11.3 Å². The molecule has 0 radical (unpaired) electrons. The zero-order chi connectivity index (χ0) is 13.4. The second-order valence-electron chi connectivity index (χ2n) is 3.72. The molecule has 6 nitrogen and oxygen atoms in total. The third kappa shape index (κ3) is 4.99. The average molecular weight is 273 g/mol. The monoisotopic (exact) mass is 273 g/mol. The molecule has 0 aromatic carbocycles. The van der Waals surface area contributed by atoms with Crippen molar-refractivity contribution in [3.05, 3.63) is 11.1 Å². The molecule has 0 aliphatic heterocycles. The molecule has 0 unspecified atom stereocenters. The van der Waals surface area contributed by atoms with Gasteiger partial charge in [-0.25, -0.2) is 4.98 Å². The third-order valence-electron chi connectivity index (χ3n) is 2.39. The Kier molecular flexibility index (Phi) is 6.63. The number of methoxy groups -OCH3 is 2. The lowest BCUT2D eigenvalue weighted by Gasteiger charge is -2.21. The van der Waals surface area contributed by atoms with Crippen molar-refractivity contribution in [2.75, 3.05) is 46.3 Å². The van der Waals surface area contributed by atoms with Gasteiger partial charge < -0.3 is 20.1 Å². The number of anilines is 1. The fourth-order valence-corrected chi connectivity index (χ4v) is 2.00. The molecule has 2 N–H and O–H groups in total. The van der Waals surface area contributed by atoms with E-state index in [-0.39, 0.29) is 12.3 Å². The highest BCUT2D eigenvalue weighted by atomic mass is 32.1. The lowest BCUT2D eigenvalue weighted by Crippen LogP contribution is -2.37. The van der Waals surface area contributed by atoms with Crippen LogP contribution in [0.3, 0.4) is 0 Å². The minimum atomic E-state index is 0.00870. The van der Waals surface area contributed by atoms with Crippen LogP contribution < -0.4 is 5.73 Å². The van der Waals surface area contributed by atoms with Crippen LogP contribution in [-0.2, 0) is 20.7 Å². The second-order valence-corrected chi connectivity index (χ2v) is 4.61. The van der Waals surface area contributed by atoms with E-state index in [2.05, 4.69) is 4.98 Å². The fourth-order valence-electron chi connectivity index (χ4n) is 1.43. The molecule has 1 rings (SSSR count). The number of hydrogen-bond donors (Lipinski definition) is 1. The van der Waals surface area contributed by atoms with Crippen molar-refractivity contribution >= 4 is 22.4 Å². The van der Waals surface area contributed by atoms with E-state index in [9.17, 15) is 4.79 Å². The molecule has 0 spiro atoms. The SMILES string of the molecule is COCCN(CCOC)C(=O)Cc1csc(N)n1. The van der Waals surface area contributed by atoms with Gasteiger partial charge in [0, 0.05) is 32.7 Å². The minimum absolute atomic E-state index is 0.00870. The Morgan fingerprint density at radius 1 is 1.39 bits per heavy atom. The van der Waals surface area contributed by atoms with Crippen LogP contribution in [-0.4, -0.2) is 56.3 Å². The van der Waals surface area contributed by atoms with E-state index in [0.29, 0.717) is 37.1 Å². The number of carbonyl (C=O) groups is 1. The number of ether oxygens (including phenoxy) is 2. The standard InChI is InChI=1S/C11H19N3O3S/c1-16-5-3-14(4-6-17-2)10(15)7-9-8-18-11(12)13-9/h8H,3-7H2,1-2H3,(H2,12,13). The number of rotatable bonds is 8. The Morgan fingerprint density at radius 3 is 2.44 bits per heavy atom. The molecular formula is C11H19N3O3S. The Balaban J connectivity index is 2.51. The summed E-state index contributed by atoms with van der Waals surface area (Å²) in [6.45, 7) is 2.12. The van der Waals surface area contributed by atoms with Gasteiger partial charge in [0.05, 0.1) is 25.3 Å². The number of thiazole rings is 1. The first kappa shape index (κ1) is 14.9. The Labute approximate surface area is 111 Å². The molecule has 0 saturated carbocycles. The van der Waals surface area contributed by atoms with Gasteiger partial charge in [0.25, 0.3) is 0 Å². The maximum Gasteiger partial charge on any atom is 0.228 e. The summed E-state index contributed by atoms with van der Waals surface area (Å²) < 4.78 is 9.98. The second kappa shape index (κ2) is 8.02. The van der Waals surface area contributed by atoms with Gasteiger partial charge in [0.15, 0.2) is 5.13 Å². The normalized spacial score (nSPS) is 10.6. The first-order valence-corrected chi connectivity index (χ1v) is 6.51. The van der Waals surface area contributed by atoms with Crippen LogP contribution in [0.25, 0.3) is 0 Å². The number of carbonyl (C=O) groups excluding carboxylic acids is 1. The highest BCUT2D eigenvalue weighted by Gasteiger charge is 2.15. The number of amides is 1. The Morgan fingerprint density at radius 2 is 2.00 bits per heavy atom. The molecule has 7 heteroatoms. The number of nitrogen functional groups attached to an aromatic ring is 1. The van der Waals surface area contributed by atoms with Crippen molar-refractivity contribution in [2.24, 2.45) is 0 Å². The van der Waals surface area contributed by atoms with Crippen LogP contribution in [0.5, 0.6) is 0 Å². The fraction of sp³-hybridized carbons (Fsp3) is 0.636. The summed E-state index contributed by atoms with van der Waals surface area (Å²) in [4.78, 5) is 17.9. The van der Waals surface area contributed by atoms with Gasteiger partial charge in [-0.2, -0.15) is 0 Å². The third-order valence-corrected chi connectivity index (χ3v) is 3.11. The molecule has 0 atom stereocenters. The molecule has 0 bridgehead atoms. The summed E-state index contributed by atoms with van der Waals surface area (Å²) in [6, 6.07) is 0. The van der Waals surface area contributed by atoms with Gasteiger partial charge >= 0.3 is 0 Å². The summed E-state index contributed by atoms with van der Waals surface area (Å²) in [5.74, 6) is 0.00870. The summed E-state index contributed by atoms with van der Waals surface area (Å²) >= 11 is 1.34. The van der Waals surface area contributed by atoms with Crippen molar-refractivity contribution in [2.45, 2.75) is 6.42 Å². The van der Waals surface area contributed by atoms with Gasteiger partial charge in [-0.1, -0.05) is 0 Å². The number of nitrogens with two attached hydrogens (primary N) is 1. The van der Waals surface area contributed by atoms with Crippen LogP contribution in [0, 0.1) is 0 Å². The van der Waals surface area contributed by atoms with Crippen LogP contribution in [0.4, 0.5) is 5.13 Å². The van der Waals surface area contributed by atoms with Crippen molar-refractivity contribution in [3.8, 4) is 0 Å². The van der Waals surface area contributed by atoms with E-state index in [1.807, 2.05) is 0 Å². The zero-order valence-electron chi connectivity index (χ0n) is 10.7. The highest BCUT2D eigenvalue weighted by Crippen LogP contribution is 2.12. The van der Waals surface area contributed by atoms with Crippen molar-refractivity contribution < 1.29 is 14.3 Å². The Bertz CT molecular complexity index is 362. The molecule has 0 aliphatic rings. The van der Waals surface area contributed by atoms with Gasteiger partial charge in [0.2, 0.25) is 5.91 Å². The Hall–Kier alpha value is -1.18. The first-order chi connectivity index (χ1) is 8.67. The van der Waals surface area contributed by atoms with Gasteiger partial charge in [-0.05, 0) is 0 Å². The van der Waals surface area contributed by atoms with Crippen LogP contribution >= 0.6 is 11.3 Å². The molecule has 18 heavy (non-hydrogen) atoms. The van der Waals surface area contributed by atoms with E-state index in [1.54, 1.807) is 24.5 Å². The predicted molar refractivity (Wildman–Crippen MR) is 70.6 cm³/mol. The van der Waals surface area contributed by atoms with E-state index < -0.39 is 0 Å². The van der Waals surface area contributed by atoms with Crippen LogP contribution in [0.1, 0.15) is 5.69 Å². The van der Waals surface area contributed by atoms with E-state index >= 15 is 0 Å². The average Bonchev–Trinajstić information content (AvgIpc) is 2.75. The highest BCUT2D eigenvalue weighted by molar-refractivity contribution is 7.13. The van der Waals surface area contributed by atoms with E-state index in [4.69, 9.17) is 15.2 Å². The molecule has 1 aromatic rings. The molecule has 0 aliphatic carbocycles. The quantitative estimate of drug-likeness (QED) is 0.741. The summed E-state index contributed by atoms with van der Waals surface area (Å²) in [6.07, 6.45) is 0.265. The van der Waals surface area contributed by atoms with E-state index in [0.717, 1.165) is 0 Å². The molecule has 102 valence electrons. The molecule has 1 aromatic heterocycles. The lowest BCUT2D eigenvalue weighted by molar-refractivity contribution is -0.131. The predicted octanol–water partition coefficient (Wildman–Crippen LogP) is 0.389. The molecule has 1 amide bonds. The first-order valence-electron chi connectivity index (χ1n) is 5.63. The van der Waals surface area contributed by atoms with Crippen molar-refractivity contribution in [1.29, 1.82) is 0 Å². The van der Waals surface area contributed by atoms with Gasteiger partial charge in [-0.3, -0.25) is 4.79 Å². The minimum Gasteiger partial charge on any atom is -0.383 e. The summed E-state index contributed by atoms with van der Waals surface area (Å²) in [5, 5.41) is 2.29. The number of nitrogens with zero attached hydrogens (tertiary/aromatic N) is 2. The maximum absolute atomic E-state index is 12.1. The van der Waals surface area contributed by atoms with Crippen molar-refractivity contribution in [1.82, 2.24) is 9.88 Å². The summed E-state index contributed by atoms with van der Waals surface area (Å²) in [5.41, 5.74) is 6.24. The zero-order valence-corrected chi connectivity index (χ0v) is 11.5. The topological polar surface area (TPSA) is 77.7 Å². The smallest absolute Gasteiger partial charge is 0.228 e. The van der Waals surface area contributed by atoms with E-state index in [1.165, 1.54) is 11.3 Å². The molecule has 0 fully saturated rings. The summed E-state index contributed by atoms with van der Waals surface area (Å²) in [7, 11) is 3.22. The molecule has 1 heterocycles. The van der Waals surface area contributed by atoms with Gasteiger partial charge in [0.1, 0.15) is 0 Å². The maximum atomic E-state index is 12.1. The number of hydrogen-bond acceptors (Lipinski definition) is 6. The largest absolute Gasteiger partial charge is 0.383 e. The van der Waals surface area contributed by atoms with Crippen molar-refractivity contribution in [3.63, 3.8) is 0 Å². The molecule has 0 saturated heterocycles. The molecular weight excluding hydrogens is 254 g/mol. The number of aromatic nitrogens is 1. The lowest BCUT2D eigenvalue weighted by atomic mass is 10.3. The van der Waals surface area contributed by atoms with Crippen LogP contribution in [0.15, 0.2) is 5.38 Å². The van der Waals surface area contributed by atoms with Crippen LogP contribution in [0.2, 0.25) is 0 Å².